The number of benzene rings is 1. The molecule has 0 radical (unpaired) electrons. The fraction of sp³-hybridized carbons (Fsp3) is 0.154. The molecule has 0 aliphatic carbocycles. The van der Waals surface area contributed by atoms with Crippen LogP contribution in [-0.2, 0) is 0 Å². The Balaban J connectivity index is 2.24. The van der Waals surface area contributed by atoms with E-state index in [4.69, 9.17) is 0 Å². The van der Waals surface area contributed by atoms with Gasteiger partial charge in [-0.3, -0.25) is 0 Å². The van der Waals surface area contributed by atoms with Gasteiger partial charge < -0.3 is 0 Å². The number of aryl methyl sites for hydroxylation is 2. The first kappa shape index (κ1) is 9.96. The molecule has 0 N–H and O–H groups in total. The molecule has 0 spiro atoms. The van der Waals surface area contributed by atoms with E-state index in [0.29, 0.717) is 0 Å². The molecule has 4 heteroatoms. The van der Waals surface area contributed by atoms with Gasteiger partial charge in [-0.05, 0) is 25.5 Å². The Kier molecular flexibility index (Phi) is 2.14. The topological polar surface area (TPSA) is 43.1 Å². The molecule has 0 unspecified atom stereocenters. The first-order valence-corrected chi connectivity index (χ1v) is 5.50. The van der Waals surface area contributed by atoms with E-state index in [1.165, 1.54) is 5.56 Å². The highest BCUT2D eigenvalue weighted by molar-refractivity contribution is 5.60. The van der Waals surface area contributed by atoms with Crippen LogP contribution in [0.5, 0.6) is 0 Å². The van der Waals surface area contributed by atoms with Gasteiger partial charge in [0.05, 0.1) is 0 Å². The van der Waals surface area contributed by atoms with E-state index in [9.17, 15) is 0 Å². The first-order valence-electron chi connectivity index (χ1n) is 5.50. The Labute approximate surface area is 98.9 Å². The molecule has 3 aromatic rings. The van der Waals surface area contributed by atoms with Crippen LogP contribution in [0.2, 0.25) is 0 Å². The van der Waals surface area contributed by atoms with Gasteiger partial charge in [-0.2, -0.15) is 9.61 Å². The van der Waals surface area contributed by atoms with E-state index in [1.807, 2.05) is 25.1 Å². The number of fused-ring (bicyclic) bond motifs is 1. The van der Waals surface area contributed by atoms with Crippen molar-refractivity contribution in [3.05, 3.63) is 47.7 Å². The lowest BCUT2D eigenvalue weighted by atomic mass is 10.1. The summed E-state index contributed by atoms with van der Waals surface area (Å²) in [5.41, 5.74) is 4.14. The van der Waals surface area contributed by atoms with E-state index >= 15 is 0 Å². The van der Waals surface area contributed by atoms with Crippen LogP contribution >= 0.6 is 0 Å². The smallest absolute Gasteiger partial charge is 0.185 e. The fourth-order valence-electron chi connectivity index (χ4n) is 1.80. The Morgan fingerprint density at radius 1 is 0.941 bits per heavy atom. The van der Waals surface area contributed by atoms with Crippen LogP contribution in [0.4, 0.5) is 0 Å². The number of rotatable bonds is 1. The minimum Gasteiger partial charge on any atom is -0.193 e. The molecule has 1 aromatic carbocycles. The molecule has 0 fully saturated rings. The van der Waals surface area contributed by atoms with E-state index in [1.54, 1.807) is 10.7 Å². The highest BCUT2D eigenvalue weighted by atomic mass is 15.4. The maximum atomic E-state index is 4.29. The third-order valence-electron chi connectivity index (χ3n) is 2.81. The van der Waals surface area contributed by atoms with Gasteiger partial charge in [0.25, 0.3) is 0 Å². The maximum absolute atomic E-state index is 4.29. The molecule has 2 heterocycles. The lowest BCUT2D eigenvalue weighted by molar-refractivity contribution is 0.928. The molecule has 0 aliphatic rings. The van der Waals surface area contributed by atoms with Crippen molar-refractivity contribution in [3.8, 4) is 11.4 Å². The van der Waals surface area contributed by atoms with Crippen LogP contribution in [0.3, 0.4) is 0 Å². The van der Waals surface area contributed by atoms with Gasteiger partial charge in [-0.25, -0.2) is 0 Å². The second kappa shape index (κ2) is 3.66. The zero-order chi connectivity index (χ0) is 11.8. The van der Waals surface area contributed by atoms with Crippen molar-refractivity contribution in [3.63, 3.8) is 0 Å². The summed E-state index contributed by atoms with van der Waals surface area (Å²) in [5, 5.41) is 12.7. The molecule has 3 rings (SSSR count). The zero-order valence-electron chi connectivity index (χ0n) is 9.75. The van der Waals surface area contributed by atoms with Crippen LogP contribution in [0.25, 0.3) is 17.0 Å². The van der Waals surface area contributed by atoms with Crippen molar-refractivity contribution in [1.29, 1.82) is 0 Å². The van der Waals surface area contributed by atoms with Crippen LogP contribution < -0.4 is 0 Å². The molecular weight excluding hydrogens is 212 g/mol. The third-order valence-corrected chi connectivity index (χ3v) is 2.81. The van der Waals surface area contributed by atoms with Crippen molar-refractivity contribution < 1.29 is 0 Å². The minimum atomic E-state index is 0.781. The molecule has 0 atom stereocenters. The molecule has 0 saturated heterocycles. The van der Waals surface area contributed by atoms with E-state index in [-0.39, 0.29) is 0 Å². The molecule has 0 bridgehead atoms. The van der Waals surface area contributed by atoms with Crippen LogP contribution in [0.15, 0.2) is 36.5 Å². The second-order valence-electron chi connectivity index (χ2n) is 4.14. The standard InChI is InChI=1S/C13H12N4/c1-9-3-5-11(6-4-9)13-16-15-12-10(2)7-8-14-17(12)13/h3-8H,1-2H3. The SMILES string of the molecule is Cc1ccc(-c2nnc3c(C)ccnn23)cc1. The molecule has 2 aromatic heterocycles. The van der Waals surface area contributed by atoms with Gasteiger partial charge in [0, 0.05) is 11.8 Å². The number of hydrogen-bond donors (Lipinski definition) is 0. The zero-order valence-corrected chi connectivity index (χ0v) is 9.75. The fourth-order valence-corrected chi connectivity index (χ4v) is 1.80. The molecule has 0 saturated carbocycles. The second-order valence-corrected chi connectivity index (χ2v) is 4.14. The Hall–Kier alpha value is -2.23. The van der Waals surface area contributed by atoms with Crippen LogP contribution in [0, 0.1) is 13.8 Å². The van der Waals surface area contributed by atoms with Gasteiger partial charge in [-0.1, -0.05) is 29.8 Å². The molecule has 0 aliphatic heterocycles. The predicted octanol–water partition coefficient (Wildman–Crippen LogP) is 2.41. The summed E-state index contributed by atoms with van der Waals surface area (Å²) in [6.45, 7) is 4.07. The Morgan fingerprint density at radius 3 is 2.47 bits per heavy atom. The van der Waals surface area contributed by atoms with Crippen molar-refractivity contribution in [2.24, 2.45) is 0 Å². The van der Waals surface area contributed by atoms with Crippen molar-refractivity contribution >= 4 is 5.65 Å². The van der Waals surface area contributed by atoms with Gasteiger partial charge in [-0.15, -0.1) is 10.2 Å². The maximum Gasteiger partial charge on any atom is 0.185 e. The van der Waals surface area contributed by atoms with Crippen molar-refractivity contribution in [1.82, 2.24) is 19.8 Å². The average molecular weight is 224 g/mol. The molecule has 17 heavy (non-hydrogen) atoms. The lowest BCUT2D eigenvalue weighted by Gasteiger charge is -2.00. The lowest BCUT2D eigenvalue weighted by Crippen LogP contribution is -1.95. The largest absolute Gasteiger partial charge is 0.193 e. The summed E-state index contributed by atoms with van der Waals surface area (Å²) in [6.07, 6.45) is 1.77. The quantitative estimate of drug-likeness (QED) is 0.637. The third kappa shape index (κ3) is 1.58. The van der Waals surface area contributed by atoms with Gasteiger partial charge in [0.1, 0.15) is 0 Å². The van der Waals surface area contributed by atoms with Crippen LogP contribution in [-0.4, -0.2) is 19.8 Å². The van der Waals surface area contributed by atoms with Gasteiger partial charge in [0.15, 0.2) is 11.5 Å². The summed E-state index contributed by atoms with van der Waals surface area (Å²) in [6, 6.07) is 10.1. The summed E-state index contributed by atoms with van der Waals surface area (Å²) in [4.78, 5) is 0. The molecule has 4 nitrogen and oxygen atoms in total. The summed E-state index contributed by atoms with van der Waals surface area (Å²) >= 11 is 0. The normalized spacial score (nSPS) is 10.9. The number of aromatic nitrogens is 4. The van der Waals surface area contributed by atoms with E-state index in [2.05, 4.69) is 34.4 Å². The number of nitrogens with zero attached hydrogens (tertiary/aromatic N) is 4. The van der Waals surface area contributed by atoms with Gasteiger partial charge >= 0.3 is 0 Å². The van der Waals surface area contributed by atoms with Crippen molar-refractivity contribution in [2.75, 3.05) is 0 Å². The number of hydrogen-bond acceptors (Lipinski definition) is 3. The molecule has 0 amide bonds. The van der Waals surface area contributed by atoms with E-state index < -0.39 is 0 Å². The first-order chi connectivity index (χ1) is 8.25. The molecule has 84 valence electrons. The van der Waals surface area contributed by atoms with Crippen molar-refractivity contribution in [2.45, 2.75) is 13.8 Å². The Morgan fingerprint density at radius 2 is 1.71 bits per heavy atom. The summed E-state index contributed by atoms with van der Waals surface area (Å²) in [5.74, 6) is 0.781. The highest BCUT2D eigenvalue weighted by Gasteiger charge is 2.09. The molecular formula is C13H12N4. The predicted molar refractivity (Wildman–Crippen MR) is 65.7 cm³/mol. The minimum absolute atomic E-state index is 0.781. The average Bonchev–Trinajstić information content (AvgIpc) is 2.75. The van der Waals surface area contributed by atoms with Gasteiger partial charge in [0.2, 0.25) is 0 Å². The highest BCUT2D eigenvalue weighted by Crippen LogP contribution is 2.18. The monoisotopic (exact) mass is 224 g/mol. The Bertz CT molecular complexity index is 667. The van der Waals surface area contributed by atoms with Crippen LogP contribution in [0.1, 0.15) is 11.1 Å². The summed E-state index contributed by atoms with van der Waals surface area (Å²) in [7, 11) is 0. The summed E-state index contributed by atoms with van der Waals surface area (Å²) < 4.78 is 1.78. The van der Waals surface area contributed by atoms with E-state index in [0.717, 1.165) is 22.6 Å².